The van der Waals surface area contributed by atoms with E-state index in [0.29, 0.717) is 25.4 Å². The average molecular weight is 429 g/mol. The zero-order chi connectivity index (χ0) is 22.2. The fourth-order valence-electron chi connectivity index (χ4n) is 3.28. The van der Waals surface area contributed by atoms with Crippen LogP contribution in [0.3, 0.4) is 0 Å². The molecule has 1 amide bonds. The molecule has 10 heteroatoms. The molecule has 2 heterocycles. The highest BCUT2D eigenvalue weighted by molar-refractivity contribution is 5.95. The number of rotatable bonds is 9. The number of methoxy groups -OCH3 is 1. The van der Waals surface area contributed by atoms with Gasteiger partial charge in [0.15, 0.2) is 0 Å². The lowest BCUT2D eigenvalue weighted by Crippen LogP contribution is -2.41. The van der Waals surface area contributed by atoms with Gasteiger partial charge < -0.3 is 25.0 Å². The Morgan fingerprint density at radius 3 is 2.90 bits per heavy atom. The van der Waals surface area contributed by atoms with Crippen molar-refractivity contribution in [2.75, 3.05) is 50.2 Å². The molecule has 31 heavy (non-hydrogen) atoms. The smallest absolute Gasteiger partial charge is 0.293 e. The van der Waals surface area contributed by atoms with E-state index < -0.39 is 10.8 Å². The summed E-state index contributed by atoms with van der Waals surface area (Å²) in [5, 5.41) is 17.1. The third kappa shape index (κ3) is 6.12. The lowest BCUT2D eigenvalue weighted by atomic mass is 10.1. The molecule has 1 aromatic carbocycles. The maximum Gasteiger partial charge on any atom is 0.293 e. The number of ether oxygens (including phenoxy) is 2. The zero-order valence-electron chi connectivity index (χ0n) is 17.7. The molecular formula is C21H27N5O5. The SMILES string of the molecule is COCCNc1ccc(C(=O)NCc2ccc(N3CCOC(C)C3)nc2)cc1[N+](=O)[O-]. The van der Waals surface area contributed by atoms with Crippen molar-refractivity contribution in [3.05, 3.63) is 57.8 Å². The summed E-state index contributed by atoms with van der Waals surface area (Å²) in [5.74, 6) is 0.482. The van der Waals surface area contributed by atoms with Gasteiger partial charge in [-0.25, -0.2) is 4.98 Å². The van der Waals surface area contributed by atoms with Gasteiger partial charge in [0.2, 0.25) is 0 Å². The first-order valence-electron chi connectivity index (χ1n) is 10.1. The largest absolute Gasteiger partial charge is 0.383 e. The Balaban J connectivity index is 1.59. The summed E-state index contributed by atoms with van der Waals surface area (Å²) in [4.78, 5) is 30.0. The second kappa shape index (κ2) is 10.7. The van der Waals surface area contributed by atoms with Crippen LogP contribution in [-0.2, 0) is 16.0 Å². The number of morpholine rings is 1. The molecule has 1 aromatic heterocycles. The summed E-state index contributed by atoms with van der Waals surface area (Å²) in [6.07, 6.45) is 1.89. The number of nitrogens with one attached hydrogen (secondary N) is 2. The lowest BCUT2D eigenvalue weighted by Gasteiger charge is -2.32. The minimum absolute atomic E-state index is 0.158. The Morgan fingerprint density at radius 1 is 1.39 bits per heavy atom. The third-order valence-corrected chi connectivity index (χ3v) is 4.91. The van der Waals surface area contributed by atoms with E-state index in [1.807, 2.05) is 19.1 Å². The Hall–Kier alpha value is -3.24. The van der Waals surface area contributed by atoms with E-state index in [1.54, 1.807) is 19.4 Å². The molecule has 3 rings (SSSR count). The molecule has 1 unspecified atom stereocenters. The fraction of sp³-hybridized carbons (Fsp3) is 0.429. The number of nitrogens with zero attached hydrogens (tertiary/aromatic N) is 3. The maximum absolute atomic E-state index is 12.5. The average Bonchev–Trinajstić information content (AvgIpc) is 2.78. The van der Waals surface area contributed by atoms with Crippen molar-refractivity contribution >= 4 is 23.1 Å². The number of nitro benzene ring substituents is 1. The number of hydrogen-bond acceptors (Lipinski definition) is 8. The number of nitro groups is 1. The number of carbonyl (C=O) groups is 1. The molecule has 2 N–H and O–H groups in total. The molecule has 2 aromatic rings. The molecule has 1 atom stereocenters. The van der Waals surface area contributed by atoms with Crippen molar-refractivity contribution < 1.29 is 19.2 Å². The third-order valence-electron chi connectivity index (χ3n) is 4.91. The number of hydrogen-bond donors (Lipinski definition) is 2. The van der Waals surface area contributed by atoms with Crippen LogP contribution in [-0.4, -0.2) is 61.9 Å². The van der Waals surface area contributed by atoms with Crippen LogP contribution in [0.25, 0.3) is 0 Å². The van der Waals surface area contributed by atoms with Crippen LogP contribution >= 0.6 is 0 Å². The van der Waals surface area contributed by atoms with Gasteiger partial charge in [-0.3, -0.25) is 14.9 Å². The fourth-order valence-corrected chi connectivity index (χ4v) is 3.28. The van der Waals surface area contributed by atoms with E-state index in [4.69, 9.17) is 9.47 Å². The van der Waals surface area contributed by atoms with Crippen molar-refractivity contribution in [3.8, 4) is 0 Å². The topological polar surface area (TPSA) is 119 Å². The number of benzene rings is 1. The number of amides is 1. The Bertz CT molecular complexity index is 906. The Kier molecular flexibility index (Phi) is 7.74. The Labute approximate surface area is 180 Å². The molecule has 0 bridgehead atoms. The molecular weight excluding hydrogens is 402 g/mol. The van der Waals surface area contributed by atoms with Crippen LogP contribution in [0.2, 0.25) is 0 Å². The molecule has 1 saturated heterocycles. The van der Waals surface area contributed by atoms with Crippen molar-refractivity contribution in [1.82, 2.24) is 10.3 Å². The van der Waals surface area contributed by atoms with Gasteiger partial charge in [-0.1, -0.05) is 6.07 Å². The zero-order valence-corrected chi connectivity index (χ0v) is 17.7. The van der Waals surface area contributed by atoms with Gasteiger partial charge in [0.25, 0.3) is 11.6 Å². The highest BCUT2D eigenvalue weighted by Crippen LogP contribution is 2.25. The van der Waals surface area contributed by atoms with Crippen LogP contribution in [0, 0.1) is 10.1 Å². The van der Waals surface area contributed by atoms with Crippen molar-refractivity contribution in [2.24, 2.45) is 0 Å². The van der Waals surface area contributed by atoms with E-state index in [-0.39, 0.29) is 23.9 Å². The molecule has 1 aliphatic rings. The molecule has 10 nitrogen and oxygen atoms in total. The summed E-state index contributed by atoms with van der Waals surface area (Å²) in [6, 6.07) is 8.19. The van der Waals surface area contributed by atoms with Gasteiger partial charge in [0.05, 0.1) is 24.2 Å². The standard InChI is InChI=1S/C21H27N5O5/c1-15-14-25(8-10-31-15)20-6-3-16(12-23-20)13-24-21(27)17-4-5-18(22-7-9-30-2)19(11-17)26(28)29/h3-6,11-12,15,22H,7-10,13-14H2,1-2H3,(H,24,27). The summed E-state index contributed by atoms with van der Waals surface area (Å²) in [6.45, 7) is 5.40. The summed E-state index contributed by atoms with van der Waals surface area (Å²) in [5.41, 5.74) is 1.24. The minimum atomic E-state index is -0.513. The van der Waals surface area contributed by atoms with Crippen LogP contribution in [0.5, 0.6) is 0 Å². The van der Waals surface area contributed by atoms with Crippen LogP contribution < -0.4 is 15.5 Å². The van der Waals surface area contributed by atoms with Crippen LogP contribution in [0.15, 0.2) is 36.5 Å². The van der Waals surface area contributed by atoms with Gasteiger partial charge in [0, 0.05) is 51.1 Å². The predicted octanol–water partition coefficient (Wildman–Crippen LogP) is 2.20. The molecule has 1 fully saturated rings. The van der Waals surface area contributed by atoms with E-state index >= 15 is 0 Å². The van der Waals surface area contributed by atoms with Gasteiger partial charge in [-0.2, -0.15) is 0 Å². The first-order valence-corrected chi connectivity index (χ1v) is 10.1. The molecule has 0 radical (unpaired) electrons. The Morgan fingerprint density at radius 2 is 2.23 bits per heavy atom. The van der Waals surface area contributed by atoms with Gasteiger partial charge in [-0.15, -0.1) is 0 Å². The predicted molar refractivity (Wildman–Crippen MR) is 116 cm³/mol. The van der Waals surface area contributed by atoms with E-state index in [1.165, 1.54) is 12.1 Å². The second-order valence-corrected chi connectivity index (χ2v) is 7.24. The van der Waals surface area contributed by atoms with Gasteiger partial charge >= 0.3 is 0 Å². The number of pyridine rings is 1. The summed E-state index contributed by atoms with van der Waals surface area (Å²) < 4.78 is 10.5. The first-order chi connectivity index (χ1) is 15.0. The minimum Gasteiger partial charge on any atom is -0.383 e. The highest BCUT2D eigenvalue weighted by atomic mass is 16.6. The molecule has 0 spiro atoms. The van der Waals surface area contributed by atoms with Crippen molar-refractivity contribution in [3.63, 3.8) is 0 Å². The molecule has 0 saturated carbocycles. The van der Waals surface area contributed by atoms with Gasteiger partial charge in [-0.05, 0) is 30.7 Å². The van der Waals surface area contributed by atoms with Crippen LogP contribution in [0.4, 0.5) is 17.2 Å². The molecule has 166 valence electrons. The van der Waals surface area contributed by atoms with E-state index in [2.05, 4.69) is 20.5 Å². The molecule has 0 aliphatic carbocycles. The van der Waals surface area contributed by atoms with E-state index in [0.717, 1.165) is 24.5 Å². The highest BCUT2D eigenvalue weighted by Gasteiger charge is 2.19. The number of anilines is 2. The van der Waals surface area contributed by atoms with Crippen LogP contribution in [0.1, 0.15) is 22.8 Å². The quantitative estimate of drug-likeness (QED) is 0.354. The van der Waals surface area contributed by atoms with Crippen molar-refractivity contribution in [1.29, 1.82) is 0 Å². The molecule has 1 aliphatic heterocycles. The van der Waals surface area contributed by atoms with Gasteiger partial charge in [0.1, 0.15) is 11.5 Å². The summed E-state index contributed by atoms with van der Waals surface area (Å²) in [7, 11) is 1.55. The monoisotopic (exact) mass is 429 g/mol. The first kappa shape index (κ1) is 22.4. The van der Waals surface area contributed by atoms with E-state index in [9.17, 15) is 14.9 Å². The normalized spacial score (nSPS) is 16.1. The lowest BCUT2D eigenvalue weighted by molar-refractivity contribution is -0.384. The second-order valence-electron chi connectivity index (χ2n) is 7.24. The number of carbonyl (C=O) groups excluding carboxylic acids is 1. The summed E-state index contributed by atoms with van der Waals surface area (Å²) >= 11 is 0. The van der Waals surface area contributed by atoms with Crippen molar-refractivity contribution in [2.45, 2.75) is 19.6 Å². The maximum atomic E-state index is 12.5. The number of aromatic nitrogens is 1.